The Morgan fingerprint density at radius 2 is 2.09 bits per heavy atom. The van der Waals surface area contributed by atoms with Crippen LogP contribution < -0.4 is 10.9 Å². The van der Waals surface area contributed by atoms with Gasteiger partial charge in [0.1, 0.15) is 0 Å². The normalized spacial score (nSPS) is 20.6. The molecule has 23 heavy (non-hydrogen) atoms. The Hall–Kier alpha value is -1.14. The molecule has 2 atom stereocenters. The van der Waals surface area contributed by atoms with Gasteiger partial charge in [-0.25, -0.2) is 4.98 Å². The Labute approximate surface area is 147 Å². The summed E-state index contributed by atoms with van der Waals surface area (Å²) in [5.74, 6) is 0. The minimum absolute atomic E-state index is 0. The minimum Gasteiger partial charge on any atom is -0.392 e. The molecule has 7 heteroatoms. The number of hydrogen-bond acceptors (Lipinski definition) is 4. The van der Waals surface area contributed by atoms with E-state index >= 15 is 0 Å². The van der Waals surface area contributed by atoms with Crippen molar-refractivity contribution in [1.82, 2.24) is 14.9 Å². The van der Waals surface area contributed by atoms with Gasteiger partial charge in [-0.05, 0) is 44.4 Å². The highest BCUT2D eigenvalue weighted by Crippen LogP contribution is 2.13. The van der Waals surface area contributed by atoms with Crippen LogP contribution in [-0.2, 0) is 6.54 Å². The Morgan fingerprint density at radius 1 is 1.30 bits per heavy atom. The molecule has 5 nitrogen and oxygen atoms in total. The van der Waals surface area contributed by atoms with Crippen molar-refractivity contribution in [3.05, 3.63) is 40.9 Å². The maximum absolute atomic E-state index is 12.3. The number of aromatic nitrogens is 2. The number of aliphatic hydroxyl groups excluding tert-OH is 1. The molecule has 0 bridgehead atoms. The molecule has 0 radical (unpaired) electrons. The van der Waals surface area contributed by atoms with Crippen LogP contribution >= 0.6 is 24.8 Å². The van der Waals surface area contributed by atoms with Gasteiger partial charge in [0.25, 0.3) is 5.56 Å². The van der Waals surface area contributed by atoms with Gasteiger partial charge in [-0.1, -0.05) is 12.1 Å². The molecule has 3 rings (SSSR count). The molecule has 1 aromatic carbocycles. The first-order chi connectivity index (χ1) is 10.3. The standard InChI is InChI=1S/C16H21N3O2.2ClH/c20-15-8-3-9-17-14(15)7-4-10-19-11-18-13-6-2-1-5-12(13)16(19)21;;/h1-2,5-6,11,14-15,17,20H,3-4,7-10H2;2*1H/t14-,15+;;/m1../s1. The molecule has 0 aliphatic carbocycles. The number of piperidine rings is 1. The molecular weight excluding hydrogens is 337 g/mol. The average molecular weight is 360 g/mol. The average Bonchev–Trinajstić information content (AvgIpc) is 2.52. The number of nitrogens with one attached hydrogen (secondary N) is 1. The molecular formula is C16H23Cl2N3O2. The second kappa shape index (κ2) is 9.23. The van der Waals surface area contributed by atoms with Gasteiger partial charge in [0.05, 0.1) is 23.3 Å². The number of nitrogens with zero attached hydrogens (tertiary/aromatic N) is 2. The van der Waals surface area contributed by atoms with Crippen molar-refractivity contribution >= 4 is 35.7 Å². The van der Waals surface area contributed by atoms with Crippen LogP contribution in [0, 0.1) is 0 Å². The zero-order chi connectivity index (χ0) is 14.7. The van der Waals surface area contributed by atoms with Crippen molar-refractivity contribution in [3.63, 3.8) is 0 Å². The predicted molar refractivity (Wildman–Crippen MR) is 96.8 cm³/mol. The molecule has 128 valence electrons. The number of rotatable bonds is 4. The third kappa shape index (κ3) is 4.67. The Bertz CT molecular complexity index is 678. The molecule has 2 N–H and O–H groups in total. The zero-order valence-corrected chi connectivity index (χ0v) is 14.5. The number of aryl methyl sites for hydroxylation is 1. The number of hydrogen-bond donors (Lipinski definition) is 2. The molecule has 2 aromatic rings. The maximum Gasteiger partial charge on any atom is 0.261 e. The summed E-state index contributed by atoms with van der Waals surface area (Å²) in [5, 5.41) is 13.9. The van der Waals surface area contributed by atoms with Crippen LogP contribution in [-0.4, -0.2) is 33.3 Å². The first kappa shape index (κ1) is 19.9. The van der Waals surface area contributed by atoms with Crippen molar-refractivity contribution in [1.29, 1.82) is 0 Å². The van der Waals surface area contributed by atoms with Gasteiger partial charge in [-0.3, -0.25) is 9.36 Å². The highest BCUT2D eigenvalue weighted by atomic mass is 35.5. The quantitative estimate of drug-likeness (QED) is 0.877. The van der Waals surface area contributed by atoms with E-state index in [0.717, 1.165) is 37.7 Å². The first-order valence-corrected chi connectivity index (χ1v) is 7.61. The van der Waals surface area contributed by atoms with E-state index in [1.807, 2.05) is 24.3 Å². The lowest BCUT2D eigenvalue weighted by atomic mass is 9.97. The zero-order valence-electron chi connectivity index (χ0n) is 12.9. The summed E-state index contributed by atoms with van der Waals surface area (Å²) in [6.07, 6.45) is 5.00. The summed E-state index contributed by atoms with van der Waals surface area (Å²) in [6.45, 7) is 1.61. The SMILES string of the molecule is Cl.Cl.O=c1c2ccccc2ncn1CCC[C@H]1NCCC[C@@H]1O. The van der Waals surface area contributed by atoms with Gasteiger partial charge in [0.2, 0.25) is 0 Å². The fraction of sp³-hybridized carbons (Fsp3) is 0.500. The van der Waals surface area contributed by atoms with Crippen molar-refractivity contribution < 1.29 is 5.11 Å². The van der Waals surface area contributed by atoms with Gasteiger partial charge in [0.15, 0.2) is 0 Å². The summed E-state index contributed by atoms with van der Waals surface area (Å²) in [5.41, 5.74) is 0.751. The van der Waals surface area contributed by atoms with E-state index in [1.54, 1.807) is 10.9 Å². The third-order valence-electron chi connectivity index (χ3n) is 4.19. The Kier molecular flexibility index (Phi) is 7.99. The van der Waals surface area contributed by atoms with Crippen LogP contribution in [0.25, 0.3) is 10.9 Å². The summed E-state index contributed by atoms with van der Waals surface area (Å²) in [6, 6.07) is 7.56. The molecule has 1 aliphatic heterocycles. The number of fused-ring (bicyclic) bond motifs is 1. The molecule has 1 fully saturated rings. The monoisotopic (exact) mass is 359 g/mol. The molecule has 0 spiro atoms. The Balaban J connectivity index is 0.00000132. The number of benzene rings is 1. The van der Waals surface area contributed by atoms with Crippen LogP contribution in [0.3, 0.4) is 0 Å². The van der Waals surface area contributed by atoms with E-state index in [-0.39, 0.29) is 42.5 Å². The summed E-state index contributed by atoms with van der Waals surface area (Å²) < 4.78 is 1.66. The second-order valence-electron chi connectivity index (χ2n) is 5.67. The predicted octanol–water partition coefficient (Wildman–Crippen LogP) is 2.13. The number of aliphatic hydroxyl groups is 1. The highest BCUT2D eigenvalue weighted by Gasteiger charge is 2.21. The molecule has 0 unspecified atom stereocenters. The summed E-state index contributed by atoms with van der Waals surface area (Å²) in [7, 11) is 0. The van der Waals surface area contributed by atoms with Crippen LogP contribution in [0.1, 0.15) is 25.7 Å². The molecule has 2 heterocycles. The highest BCUT2D eigenvalue weighted by molar-refractivity contribution is 5.85. The van der Waals surface area contributed by atoms with Gasteiger partial charge >= 0.3 is 0 Å². The molecule has 1 aromatic heterocycles. The van der Waals surface area contributed by atoms with E-state index in [9.17, 15) is 9.90 Å². The van der Waals surface area contributed by atoms with Gasteiger partial charge in [-0.2, -0.15) is 0 Å². The molecule has 0 amide bonds. The van der Waals surface area contributed by atoms with E-state index in [0.29, 0.717) is 11.9 Å². The van der Waals surface area contributed by atoms with Crippen LogP contribution in [0.15, 0.2) is 35.4 Å². The number of halogens is 2. The second-order valence-corrected chi connectivity index (χ2v) is 5.67. The smallest absolute Gasteiger partial charge is 0.261 e. The van der Waals surface area contributed by atoms with E-state index < -0.39 is 0 Å². The van der Waals surface area contributed by atoms with Crippen molar-refractivity contribution in [2.75, 3.05) is 6.54 Å². The molecule has 0 saturated carbocycles. The third-order valence-corrected chi connectivity index (χ3v) is 4.19. The number of para-hydroxylation sites is 1. The molecule has 1 aliphatic rings. The van der Waals surface area contributed by atoms with E-state index in [4.69, 9.17) is 0 Å². The van der Waals surface area contributed by atoms with Crippen molar-refractivity contribution in [2.45, 2.75) is 44.4 Å². The van der Waals surface area contributed by atoms with E-state index in [2.05, 4.69) is 10.3 Å². The lowest BCUT2D eigenvalue weighted by Crippen LogP contribution is -2.44. The van der Waals surface area contributed by atoms with Crippen molar-refractivity contribution in [2.24, 2.45) is 0 Å². The van der Waals surface area contributed by atoms with Crippen molar-refractivity contribution in [3.8, 4) is 0 Å². The lowest BCUT2D eigenvalue weighted by Gasteiger charge is -2.28. The van der Waals surface area contributed by atoms with Crippen LogP contribution in [0.5, 0.6) is 0 Å². The van der Waals surface area contributed by atoms with Crippen LogP contribution in [0.2, 0.25) is 0 Å². The summed E-state index contributed by atoms with van der Waals surface area (Å²) >= 11 is 0. The molecule has 1 saturated heterocycles. The van der Waals surface area contributed by atoms with Gasteiger partial charge < -0.3 is 10.4 Å². The maximum atomic E-state index is 12.3. The Morgan fingerprint density at radius 3 is 2.87 bits per heavy atom. The van der Waals surface area contributed by atoms with Gasteiger partial charge in [0, 0.05) is 12.6 Å². The minimum atomic E-state index is -0.259. The van der Waals surface area contributed by atoms with E-state index in [1.165, 1.54) is 0 Å². The van der Waals surface area contributed by atoms with Crippen LogP contribution in [0.4, 0.5) is 0 Å². The lowest BCUT2D eigenvalue weighted by molar-refractivity contribution is 0.0908. The first-order valence-electron chi connectivity index (χ1n) is 7.61. The topological polar surface area (TPSA) is 67.2 Å². The largest absolute Gasteiger partial charge is 0.392 e. The summed E-state index contributed by atoms with van der Waals surface area (Å²) in [4.78, 5) is 16.7. The fourth-order valence-corrected chi connectivity index (χ4v) is 2.98. The fourth-order valence-electron chi connectivity index (χ4n) is 2.98. The van der Waals surface area contributed by atoms with Gasteiger partial charge in [-0.15, -0.1) is 24.8 Å².